The highest BCUT2D eigenvalue weighted by atomic mass is 32.4. The number of hydrogen-bond acceptors (Lipinski definition) is 21. The number of nitrogens with two attached hydrogens (primary N) is 1. The number of primary amides is 1. The molecular formula is C100H126N16O18P2S2. The minimum absolute atomic E-state index is 0.117. The highest BCUT2D eigenvalue weighted by Gasteiger charge is 2.50. The average Bonchev–Trinajstić information content (AvgIpc) is 1.57. The molecule has 16 amide bonds. The molecular weight excluding hydrogens is 1840 g/mol. The van der Waals surface area contributed by atoms with E-state index in [1.807, 2.05) is 97.1 Å². The number of amides is 16. The molecule has 7 aromatic rings. The first-order valence-corrected chi connectivity index (χ1v) is 52.8. The van der Waals surface area contributed by atoms with E-state index in [1.54, 1.807) is 60.7 Å². The van der Waals surface area contributed by atoms with Crippen molar-refractivity contribution in [1.29, 1.82) is 0 Å². The largest absolute Gasteiger partial charge is 0.448 e. The first-order valence-electron chi connectivity index (χ1n) is 46.7. The van der Waals surface area contributed by atoms with Crippen molar-refractivity contribution in [2.45, 2.75) is 261 Å². The van der Waals surface area contributed by atoms with Crippen LogP contribution in [0.2, 0.25) is 0 Å². The van der Waals surface area contributed by atoms with E-state index in [-0.39, 0.29) is 29.8 Å². The Morgan fingerprint density at radius 3 is 1.12 bits per heavy atom. The second-order valence-electron chi connectivity index (χ2n) is 37.2. The summed E-state index contributed by atoms with van der Waals surface area (Å²) in [5.41, 5.74) is 8.42. The Kier molecular flexibility index (Phi) is 35.8. The smallest absolute Gasteiger partial charge is 0.417 e. The van der Waals surface area contributed by atoms with E-state index < -0.39 is 216 Å². The Morgan fingerprint density at radius 2 is 0.746 bits per heavy atom. The summed E-state index contributed by atoms with van der Waals surface area (Å²) in [6.45, 7) is 16.4. The first kappa shape index (κ1) is 106. The van der Waals surface area contributed by atoms with Crippen LogP contribution in [-0.4, -0.2) is 229 Å². The fourth-order valence-corrected chi connectivity index (χ4v) is 28.4. The summed E-state index contributed by atoms with van der Waals surface area (Å²) < 4.78 is 12.8. The zero-order chi connectivity index (χ0) is 100. The highest BCUT2D eigenvalue weighted by molar-refractivity contribution is 8.22. The molecule has 1 heterocycles. The van der Waals surface area contributed by atoms with Crippen LogP contribution in [0.25, 0.3) is 22.3 Å². The Morgan fingerprint density at radius 1 is 0.413 bits per heavy atom. The lowest BCUT2D eigenvalue weighted by molar-refractivity contribution is -0.142. The Balaban J connectivity index is 0.931. The Hall–Kier alpha value is -12.7. The van der Waals surface area contributed by atoms with Gasteiger partial charge in [-0.1, -0.05) is 220 Å². The maximum atomic E-state index is 16.8. The van der Waals surface area contributed by atoms with Crippen molar-refractivity contribution >= 4 is 141 Å². The topological polar surface area (TPSA) is 485 Å². The molecule has 0 aliphatic heterocycles. The van der Waals surface area contributed by atoms with Gasteiger partial charge in [0.1, 0.15) is 90.8 Å². The van der Waals surface area contributed by atoms with E-state index >= 15 is 38.4 Å². The van der Waals surface area contributed by atoms with Crippen molar-refractivity contribution < 1.29 is 86.2 Å². The molecule has 0 spiro atoms. The van der Waals surface area contributed by atoms with Crippen LogP contribution in [0.4, 0.5) is 9.59 Å². The van der Waals surface area contributed by atoms with Crippen LogP contribution in [0.5, 0.6) is 0 Å². The molecule has 0 saturated heterocycles. The van der Waals surface area contributed by atoms with Crippen molar-refractivity contribution in [3.63, 3.8) is 0 Å². The molecule has 0 radical (unpaired) electrons. The Bertz CT molecular complexity index is 5640. The van der Waals surface area contributed by atoms with Crippen LogP contribution in [0.3, 0.4) is 0 Å². The number of ether oxygens (including phenoxy) is 2. The van der Waals surface area contributed by atoms with Crippen molar-refractivity contribution in [1.82, 2.24) is 78.3 Å². The molecule has 1 aromatic heterocycles. The number of imidazole rings is 1. The van der Waals surface area contributed by atoms with Crippen molar-refractivity contribution in [3.8, 4) is 22.3 Å². The summed E-state index contributed by atoms with van der Waals surface area (Å²) in [6.07, 6.45) is 6.76. The number of carbonyl (C=O) groups is 16. The second kappa shape index (κ2) is 46.7. The van der Waals surface area contributed by atoms with Crippen LogP contribution >= 0.6 is 12.1 Å². The molecule has 4 aliphatic carbocycles. The molecule has 4 aliphatic rings. The van der Waals surface area contributed by atoms with Gasteiger partial charge in [0.15, 0.2) is 0 Å². The van der Waals surface area contributed by atoms with Gasteiger partial charge in [0.25, 0.3) is 11.8 Å². The van der Waals surface area contributed by atoms with E-state index in [0.29, 0.717) is 46.1 Å². The summed E-state index contributed by atoms with van der Waals surface area (Å²) >= 11 is 14.0. The second-order valence-corrected chi connectivity index (χ2v) is 47.5. The minimum Gasteiger partial charge on any atom is -0.448 e. The van der Waals surface area contributed by atoms with Gasteiger partial charge in [0.05, 0.1) is 12.0 Å². The van der Waals surface area contributed by atoms with E-state index in [9.17, 15) is 38.4 Å². The summed E-state index contributed by atoms with van der Waals surface area (Å²) in [5, 5.41) is 29.6. The molecule has 11 atom stereocenters. The average molecular weight is 1970 g/mol. The fourth-order valence-electron chi connectivity index (χ4n) is 18.1. The number of nitrogens with one attached hydrogen (secondary N) is 12. The number of aromatic amines is 1. The van der Waals surface area contributed by atoms with Gasteiger partial charge in [-0.25, -0.2) is 24.4 Å². The number of imide groups is 2. The lowest BCUT2D eigenvalue weighted by Gasteiger charge is -2.44. The monoisotopic (exact) mass is 1960 g/mol. The molecule has 2 fully saturated rings. The molecule has 736 valence electrons. The van der Waals surface area contributed by atoms with E-state index in [0.717, 1.165) is 83.0 Å². The lowest BCUT2D eigenvalue weighted by Crippen LogP contribution is -2.64. The van der Waals surface area contributed by atoms with Gasteiger partial charge in [-0.05, 0) is 181 Å². The predicted molar refractivity (Wildman–Crippen MR) is 530 cm³/mol. The van der Waals surface area contributed by atoms with Gasteiger partial charge in [-0.15, -0.1) is 0 Å². The number of hydrogen-bond donors (Lipinski definition) is 13. The third-order valence-corrected chi connectivity index (χ3v) is 37.5. The zero-order valence-corrected chi connectivity index (χ0v) is 83.3. The van der Waals surface area contributed by atoms with Crippen LogP contribution in [0, 0.1) is 0 Å². The van der Waals surface area contributed by atoms with Crippen molar-refractivity contribution in [2.75, 3.05) is 25.5 Å². The zero-order valence-electron chi connectivity index (χ0n) is 79.9. The normalized spacial score (nSPS) is 16.3. The van der Waals surface area contributed by atoms with Crippen LogP contribution in [-0.2, 0) is 107 Å². The summed E-state index contributed by atoms with van der Waals surface area (Å²) in [6, 6.07) is 23.8. The Labute approximate surface area is 813 Å². The van der Waals surface area contributed by atoms with Gasteiger partial charge in [0, 0.05) is 49.7 Å². The van der Waals surface area contributed by atoms with E-state index in [2.05, 4.69) is 68.5 Å². The fraction of sp³-hybridized carbons (Fsp3) is 0.450. The van der Waals surface area contributed by atoms with Gasteiger partial charge in [0.2, 0.25) is 70.9 Å². The number of rotatable bonds is 40. The summed E-state index contributed by atoms with van der Waals surface area (Å²) in [4.78, 5) is 244. The van der Waals surface area contributed by atoms with E-state index in [1.165, 1.54) is 103 Å². The van der Waals surface area contributed by atoms with Gasteiger partial charge >= 0.3 is 12.2 Å². The number of nitrogens with zero attached hydrogens (tertiary/aromatic N) is 3. The maximum absolute atomic E-state index is 16.8. The molecule has 0 bridgehead atoms. The minimum atomic E-state index is -3.49. The van der Waals surface area contributed by atoms with Crippen LogP contribution in [0.1, 0.15) is 194 Å². The summed E-state index contributed by atoms with van der Waals surface area (Å²) in [5.74, 6) is -14.3. The molecule has 14 N–H and O–H groups in total. The standard InChI is InChI=1S/C100H126N16O18P2S2/c1-57(84(101)118)110-95(129)99(10,11)113-90(124)63(7)107-87(121)60(4)109-92(126)83(55-136(138,69-38-22-16-23-39-69)70-40-24-17-25-41-70)116(98(132)134-53-80-77-48-32-28-44-73(77)74-45-29-33-49-78(74)80)94(128)81(50-66-51-102-56-103-66)112-88(122)61(5)105-86(120)59(3)108-91(125)82(54-135(137,67-34-18-14-19-35-67)68-36-20-15-21-37-68)115(97(131)133-52-79-75-46-30-26-42-71(75)72-43-27-31-47-76(72)79)93(127)64(8)111-96(130)100(12,13)114-89(123)62(6)106-85(119)58(2)104-65(9)117/h14-15,18-21,26-37,42-49,51,56-64,69-70,79-83H,16-17,22-25,38-41,50,52-55H2,1-13H3,(H2,101,118)(H,102,103)(H,104,117)(H,105,120)(H,106,119)(H,107,121)(H,108,125)(H,109,126)(H,110,129)(H,111,130)(H,112,122)(H,113,124)(H,114,123)/t57-,58-,59-,60-,61-,62-,63-,64-,81-,82+,83-/m0/s1. The lowest BCUT2D eigenvalue weighted by atomic mass is 9.98. The van der Waals surface area contributed by atoms with Crippen molar-refractivity contribution in [3.05, 3.63) is 198 Å². The van der Waals surface area contributed by atoms with Gasteiger partial charge in [-0.2, -0.15) is 0 Å². The third kappa shape index (κ3) is 25.6. The number of benzene rings is 6. The maximum Gasteiger partial charge on any atom is 0.417 e. The van der Waals surface area contributed by atoms with Gasteiger partial charge < -0.3 is 78.7 Å². The number of carbonyl (C=O) groups excluding carboxylic acids is 16. The van der Waals surface area contributed by atoms with Gasteiger partial charge in [-0.3, -0.25) is 67.1 Å². The molecule has 2 saturated carbocycles. The van der Waals surface area contributed by atoms with Crippen LogP contribution in [0.15, 0.2) is 170 Å². The van der Waals surface area contributed by atoms with Crippen LogP contribution < -0.4 is 74.8 Å². The molecule has 6 aromatic carbocycles. The highest BCUT2D eigenvalue weighted by Crippen LogP contribution is 2.64. The molecule has 34 nitrogen and oxygen atoms in total. The first-order chi connectivity index (χ1) is 65.4. The SMILES string of the molecule is CC(=O)N[C@@H](C)C(=O)N[C@@H](C)C(=O)NC(C)(C)C(=O)N[C@@H](C)C(=O)N(C(=O)OCC1c2ccccc2-c2ccccc21)[C@H](CP(=S)(c1ccccc1)c1ccccc1)C(=O)N[C@@H](C)C(=O)N[C@@H](C)C(=O)N[C@@H](Cc1c[nH]cn1)C(=O)N(C(=O)OCC1c2ccccc2-c2ccccc21)[C@@H](CP(=S)(C1CCCCC1)C1CCCCC1)C(=O)N[C@@H](C)C(=O)N[C@@H](C)C(=O)NC(C)(C)C(=O)N[C@@H](C)C(N)=O. The summed E-state index contributed by atoms with van der Waals surface area (Å²) in [7, 11) is 0. The molecule has 11 rings (SSSR count). The van der Waals surface area contributed by atoms with E-state index in [4.69, 9.17) is 38.8 Å². The molecule has 138 heavy (non-hydrogen) atoms. The molecule has 0 unspecified atom stereocenters. The molecule has 38 heteroatoms. The quantitative estimate of drug-likeness (QED) is 0.0167. The number of H-pyrrole nitrogens is 1. The third-order valence-electron chi connectivity index (χ3n) is 26.0. The predicted octanol–water partition coefficient (Wildman–Crippen LogP) is 7.34. The van der Waals surface area contributed by atoms with Crippen molar-refractivity contribution in [2.24, 2.45) is 5.73 Å². The number of fused-ring (bicyclic) bond motifs is 6. The number of aromatic nitrogens is 2.